The zero-order valence-electron chi connectivity index (χ0n) is 12.6. The lowest BCUT2D eigenvalue weighted by molar-refractivity contribution is 0.361. The van der Waals surface area contributed by atoms with Crippen molar-refractivity contribution in [3.63, 3.8) is 0 Å². The van der Waals surface area contributed by atoms with Crippen molar-refractivity contribution >= 4 is 0 Å². The monoisotopic (exact) mass is 251 g/mol. The van der Waals surface area contributed by atoms with Gasteiger partial charge >= 0.3 is 0 Å². The number of hydrogen-bond acceptors (Lipinski definition) is 2. The molecule has 18 heavy (non-hydrogen) atoms. The average molecular weight is 251 g/mol. The van der Waals surface area contributed by atoms with Crippen molar-refractivity contribution in [2.45, 2.75) is 53.5 Å². The van der Waals surface area contributed by atoms with Gasteiger partial charge in [0.1, 0.15) is 0 Å². The summed E-state index contributed by atoms with van der Waals surface area (Å²) < 4.78 is 2.04. The highest BCUT2D eigenvalue weighted by Gasteiger charge is 2.14. The molecule has 1 heterocycles. The summed E-state index contributed by atoms with van der Waals surface area (Å²) >= 11 is 0. The van der Waals surface area contributed by atoms with E-state index in [0.29, 0.717) is 17.9 Å². The Hall–Kier alpha value is -0.830. The lowest BCUT2D eigenvalue weighted by Gasteiger charge is -2.19. The van der Waals surface area contributed by atoms with Crippen LogP contribution < -0.4 is 5.32 Å². The maximum absolute atomic E-state index is 4.62. The molecule has 2 atom stereocenters. The predicted octanol–water partition coefficient (Wildman–Crippen LogP) is 3.28. The number of aromatic nitrogens is 2. The molecule has 0 bridgehead atoms. The van der Waals surface area contributed by atoms with Gasteiger partial charge in [-0.25, -0.2) is 0 Å². The number of nitrogens with one attached hydrogen (secondary N) is 1. The fraction of sp³-hybridized carbons (Fsp3) is 0.800. The highest BCUT2D eigenvalue weighted by Crippen LogP contribution is 2.16. The first-order valence-electron chi connectivity index (χ1n) is 7.29. The summed E-state index contributed by atoms with van der Waals surface area (Å²) in [4.78, 5) is 0. The van der Waals surface area contributed by atoms with Gasteiger partial charge in [0.05, 0.1) is 5.69 Å². The summed E-state index contributed by atoms with van der Waals surface area (Å²) in [5.74, 6) is 1.37. The fourth-order valence-electron chi connectivity index (χ4n) is 2.01. The highest BCUT2D eigenvalue weighted by atomic mass is 15.3. The largest absolute Gasteiger partial charge is 0.316 e. The first kappa shape index (κ1) is 15.2. The van der Waals surface area contributed by atoms with Gasteiger partial charge < -0.3 is 5.32 Å². The first-order valence-corrected chi connectivity index (χ1v) is 7.29. The second-order valence-electron chi connectivity index (χ2n) is 5.74. The van der Waals surface area contributed by atoms with Gasteiger partial charge in [-0.2, -0.15) is 5.10 Å². The molecular formula is C15H29N3. The van der Waals surface area contributed by atoms with Crippen LogP contribution in [0, 0.1) is 11.8 Å². The van der Waals surface area contributed by atoms with Gasteiger partial charge in [0.15, 0.2) is 0 Å². The summed E-state index contributed by atoms with van der Waals surface area (Å²) in [5, 5.41) is 8.12. The molecule has 0 aliphatic rings. The van der Waals surface area contributed by atoms with Gasteiger partial charge in [-0.1, -0.05) is 20.8 Å². The fourth-order valence-corrected chi connectivity index (χ4v) is 2.01. The third-order valence-corrected chi connectivity index (χ3v) is 3.59. The third-order valence-electron chi connectivity index (χ3n) is 3.59. The van der Waals surface area contributed by atoms with E-state index in [0.717, 1.165) is 19.5 Å². The van der Waals surface area contributed by atoms with Gasteiger partial charge in [0, 0.05) is 12.2 Å². The molecule has 3 nitrogen and oxygen atoms in total. The van der Waals surface area contributed by atoms with E-state index in [1.807, 2.05) is 4.68 Å². The molecule has 0 spiro atoms. The molecule has 104 valence electrons. The molecule has 1 aromatic rings. The van der Waals surface area contributed by atoms with Crippen LogP contribution >= 0.6 is 0 Å². The Morgan fingerprint density at radius 1 is 1.22 bits per heavy atom. The molecule has 0 saturated heterocycles. The van der Waals surface area contributed by atoms with E-state index in [9.17, 15) is 0 Å². The van der Waals surface area contributed by atoms with Crippen molar-refractivity contribution < 1.29 is 0 Å². The summed E-state index contributed by atoms with van der Waals surface area (Å²) in [6.45, 7) is 13.4. The molecule has 1 aromatic heterocycles. The van der Waals surface area contributed by atoms with Crippen LogP contribution in [0.1, 0.15) is 52.8 Å². The molecule has 1 rings (SSSR count). The van der Waals surface area contributed by atoms with Crippen LogP contribution in [0.2, 0.25) is 0 Å². The average Bonchev–Trinajstić information content (AvgIpc) is 2.77. The van der Waals surface area contributed by atoms with Crippen molar-refractivity contribution in [3.8, 4) is 0 Å². The van der Waals surface area contributed by atoms with Crippen LogP contribution in [0.15, 0.2) is 12.3 Å². The van der Waals surface area contributed by atoms with Crippen LogP contribution in [0.25, 0.3) is 0 Å². The maximum Gasteiger partial charge on any atom is 0.0627 e. The Morgan fingerprint density at radius 2 is 1.94 bits per heavy atom. The Balaban J connectivity index is 2.40. The molecule has 0 aromatic carbocycles. The van der Waals surface area contributed by atoms with Crippen molar-refractivity contribution in [1.29, 1.82) is 0 Å². The van der Waals surface area contributed by atoms with Gasteiger partial charge in [0.2, 0.25) is 0 Å². The summed E-state index contributed by atoms with van der Waals surface area (Å²) in [7, 11) is 0. The first-order chi connectivity index (χ1) is 8.54. The molecular weight excluding hydrogens is 222 g/mol. The van der Waals surface area contributed by atoms with Gasteiger partial charge in [-0.3, -0.25) is 4.68 Å². The maximum atomic E-state index is 4.62. The topological polar surface area (TPSA) is 29.9 Å². The van der Waals surface area contributed by atoms with Crippen molar-refractivity contribution in [3.05, 3.63) is 18.0 Å². The molecule has 1 N–H and O–H groups in total. The number of nitrogens with zero attached hydrogens (tertiary/aromatic N) is 2. The standard InChI is InChI=1S/C15H29N3/c1-6-8-16-11-14(5)13(4)10-15-7-9-18(17-15)12(2)3/h7,9,12-14,16H,6,8,10-11H2,1-5H3. The van der Waals surface area contributed by atoms with Crippen LogP contribution in [0.3, 0.4) is 0 Å². The number of rotatable bonds is 8. The smallest absolute Gasteiger partial charge is 0.0627 e. The molecule has 0 amide bonds. The van der Waals surface area contributed by atoms with Gasteiger partial charge in [-0.15, -0.1) is 0 Å². The lowest BCUT2D eigenvalue weighted by Crippen LogP contribution is -2.26. The second-order valence-corrected chi connectivity index (χ2v) is 5.74. The zero-order chi connectivity index (χ0) is 13.5. The normalized spacial score (nSPS) is 15.0. The Bertz CT molecular complexity index is 330. The number of hydrogen-bond donors (Lipinski definition) is 1. The predicted molar refractivity (Wildman–Crippen MR) is 77.8 cm³/mol. The lowest BCUT2D eigenvalue weighted by atomic mass is 9.91. The van der Waals surface area contributed by atoms with E-state index < -0.39 is 0 Å². The van der Waals surface area contributed by atoms with E-state index >= 15 is 0 Å². The summed E-state index contributed by atoms with van der Waals surface area (Å²) in [5.41, 5.74) is 1.22. The molecule has 3 heteroatoms. The molecule has 0 radical (unpaired) electrons. The van der Waals surface area contributed by atoms with Gasteiger partial charge in [0.25, 0.3) is 0 Å². The Morgan fingerprint density at radius 3 is 2.50 bits per heavy atom. The van der Waals surface area contributed by atoms with Crippen LogP contribution in [0.5, 0.6) is 0 Å². The minimum Gasteiger partial charge on any atom is -0.316 e. The Labute approximate surface area is 112 Å². The van der Waals surface area contributed by atoms with Crippen molar-refractivity contribution in [2.24, 2.45) is 11.8 Å². The van der Waals surface area contributed by atoms with E-state index in [2.05, 4.69) is 57.3 Å². The molecule has 0 aliphatic carbocycles. The minimum atomic E-state index is 0.456. The van der Waals surface area contributed by atoms with E-state index in [-0.39, 0.29) is 0 Å². The SMILES string of the molecule is CCCNCC(C)C(C)Cc1ccn(C(C)C)n1. The Kier molecular flexibility index (Phi) is 6.41. The zero-order valence-corrected chi connectivity index (χ0v) is 12.6. The van der Waals surface area contributed by atoms with Crippen LogP contribution in [-0.4, -0.2) is 22.9 Å². The van der Waals surface area contributed by atoms with Gasteiger partial charge in [-0.05, 0) is 57.7 Å². The molecule has 2 unspecified atom stereocenters. The van der Waals surface area contributed by atoms with Crippen molar-refractivity contribution in [1.82, 2.24) is 15.1 Å². The molecule has 0 fully saturated rings. The van der Waals surface area contributed by atoms with Crippen LogP contribution in [0.4, 0.5) is 0 Å². The molecule has 0 aliphatic heterocycles. The quantitative estimate of drug-likeness (QED) is 0.719. The molecule has 0 saturated carbocycles. The highest BCUT2D eigenvalue weighted by molar-refractivity contribution is 5.01. The second kappa shape index (κ2) is 7.57. The van der Waals surface area contributed by atoms with E-state index in [1.54, 1.807) is 0 Å². The third kappa shape index (κ3) is 4.81. The van der Waals surface area contributed by atoms with Crippen molar-refractivity contribution in [2.75, 3.05) is 13.1 Å². The van der Waals surface area contributed by atoms with Crippen LogP contribution in [-0.2, 0) is 6.42 Å². The summed E-state index contributed by atoms with van der Waals surface area (Å²) in [6, 6.07) is 2.61. The minimum absolute atomic E-state index is 0.456. The van der Waals surface area contributed by atoms with E-state index in [1.165, 1.54) is 12.1 Å². The van der Waals surface area contributed by atoms with E-state index in [4.69, 9.17) is 0 Å². The summed E-state index contributed by atoms with van der Waals surface area (Å²) in [6.07, 6.45) is 4.38.